The summed E-state index contributed by atoms with van der Waals surface area (Å²) in [6, 6.07) is 24.4. The van der Waals surface area contributed by atoms with Crippen molar-refractivity contribution in [2.75, 3.05) is 7.11 Å². The fraction of sp³-hybridized carbons (Fsp3) is 0.0400. The number of benzene rings is 3. The van der Waals surface area contributed by atoms with Crippen LogP contribution in [-0.2, 0) is 0 Å². The van der Waals surface area contributed by atoms with Crippen molar-refractivity contribution in [1.29, 1.82) is 0 Å². The molecule has 0 saturated carbocycles. The van der Waals surface area contributed by atoms with Gasteiger partial charge >= 0.3 is 0 Å². The second-order valence-corrected chi connectivity index (χ2v) is 8.72. The van der Waals surface area contributed by atoms with Crippen LogP contribution in [0.4, 0.5) is 0 Å². The molecule has 3 aromatic carbocycles. The average Bonchev–Trinajstić information content (AvgIpc) is 3.41. The Labute approximate surface area is 182 Å². The number of aromatic nitrogens is 2. The summed E-state index contributed by atoms with van der Waals surface area (Å²) in [5.74, 6) is 0.851. The number of thiazole rings is 2. The van der Waals surface area contributed by atoms with E-state index in [0.29, 0.717) is 0 Å². The Bertz CT molecular complexity index is 1250. The lowest BCUT2D eigenvalue weighted by molar-refractivity contribution is 0.414. The number of fused-ring (bicyclic) bond motifs is 2. The lowest BCUT2D eigenvalue weighted by atomic mass is 10.1. The highest BCUT2D eigenvalue weighted by molar-refractivity contribution is 7.21. The highest BCUT2D eigenvalue weighted by atomic mass is 32.1. The number of nitrogens with zero attached hydrogens (tertiary/aromatic N) is 2. The summed E-state index contributed by atoms with van der Waals surface area (Å²) < 4.78 is 7.81. The van der Waals surface area contributed by atoms with Crippen LogP contribution in [0.5, 0.6) is 5.75 Å². The van der Waals surface area contributed by atoms with Gasteiger partial charge < -0.3 is 4.74 Å². The van der Waals surface area contributed by atoms with Crippen LogP contribution in [-0.4, -0.2) is 17.1 Å². The molecule has 5 aromatic rings. The molecule has 3 nitrogen and oxygen atoms in total. The van der Waals surface area contributed by atoms with Gasteiger partial charge in [-0.25, -0.2) is 9.97 Å². The first-order chi connectivity index (χ1) is 14.8. The summed E-state index contributed by atoms with van der Waals surface area (Å²) in [6.45, 7) is 0. The minimum atomic E-state index is 0.851. The van der Waals surface area contributed by atoms with Crippen LogP contribution >= 0.6 is 22.7 Å². The third-order valence-electron chi connectivity index (χ3n) is 4.73. The molecule has 0 unspecified atom stereocenters. The van der Waals surface area contributed by atoms with Gasteiger partial charge in [0.15, 0.2) is 0 Å². The topological polar surface area (TPSA) is 35.0 Å². The Balaban J connectivity index is 1.62. The molecule has 0 atom stereocenters. The van der Waals surface area contributed by atoms with Crippen LogP contribution in [0.2, 0.25) is 0 Å². The van der Waals surface area contributed by atoms with Gasteiger partial charge in [-0.15, -0.1) is 22.7 Å². The normalized spacial score (nSPS) is 11.4. The zero-order valence-corrected chi connectivity index (χ0v) is 17.9. The maximum absolute atomic E-state index is 5.46. The van der Waals surface area contributed by atoms with Gasteiger partial charge in [0.2, 0.25) is 0 Å². The number of ether oxygens (including phenoxy) is 1. The fourth-order valence-electron chi connectivity index (χ4n) is 3.26. The molecule has 0 radical (unpaired) electrons. The Kier molecular flexibility index (Phi) is 5.13. The van der Waals surface area contributed by atoms with Crippen molar-refractivity contribution in [1.82, 2.24) is 9.97 Å². The first-order valence-corrected chi connectivity index (χ1v) is 11.2. The minimum Gasteiger partial charge on any atom is -0.496 e. The summed E-state index contributed by atoms with van der Waals surface area (Å²) >= 11 is 3.39. The molecule has 30 heavy (non-hydrogen) atoms. The summed E-state index contributed by atoms with van der Waals surface area (Å²) in [7, 11) is 1.69. The monoisotopic (exact) mass is 426 g/mol. The molecule has 2 aromatic heterocycles. The van der Waals surface area contributed by atoms with Crippen molar-refractivity contribution < 1.29 is 4.74 Å². The van der Waals surface area contributed by atoms with Crippen LogP contribution in [0.1, 0.15) is 15.6 Å². The van der Waals surface area contributed by atoms with Gasteiger partial charge in [0.25, 0.3) is 0 Å². The maximum Gasteiger partial charge on any atom is 0.127 e. The molecule has 0 aliphatic rings. The quantitative estimate of drug-likeness (QED) is 0.282. The van der Waals surface area contributed by atoms with E-state index in [0.717, 1.165) is 37.9 Å². The van der Waals surface area contributed by atoms with Crippen LogP contribution in [0, 0.1) is 0 Å². The molecule has 5 rings (SSSR count). The zero-order chi connectivity index (χ0) is 20.3. The fourth-order valence-corrected chi connectivity index (χ4v) is 5.31. The Morgan fingerprint density at radius 3 is 1.93 bits per heavy atom. The van der Waals surface area contributed by atoms with Gasteiger partial charge in [-0.3, -0.25) is 0 Å². The predicted octanol–water partition coefficient (Wildman–Crippen LogP) is 7.06. The summed E-state index contributed by atoms with van der Waals surface area (Å²) in [6.07, 6.45) is 6.20. The van der Waals surface area contributed by atoms with Crippen molar-refractivity contribution in [2.45, 2.75) is 0 Å². The SMILES string of the molecule is COc1ccccc1C=CC=C(c1nc2ccccc2s1)c1nc2ccccc2s1. The number of allylic oxidation sites excluding steroid dienone is 2. The van der Waals surface area contributed by atoms with E-state index in [1.54, 1.807) is 29.8 Å². The van der Waals surface area contributed by atoms with E-state index in [-0.39, 0.29) is 0 Å². The molecule has 0 spiro atoms. The summed E-state index contributed by atoms with van der Waals surface area (Å²) in [4.78, 5) is 9.75. The van der Waals surface area contributed by atoms with Crippen molar-refractivity contribution in [3.05, 3.63) is 101 Å². The van der Waals surface area contributed by atoms with E-state index in [1.807, 2.05) is 54.6 Å². The molecule has 0 aliphatic carbocycles. The van der Waals surface area contributed by atoms with Crippen molar-refractivity contribution in [3.63, 3.8) is 0 Å². The molecule has 146 valence electrons. The third kappa shape index (κ3) is 3.65. The van der Waals surface area contributed by atoms with Crippen LogP contribution in [0.25, 0.3) is 32.1 Å². The Hall–Kier alpha value is -3.28. The van der Waals surface area contributed by atoms with E-state index < -0.39 is 0 Å². The average molecular weight is 427 g/mol. The molecule has 0 aliphatic heterocycles. The smallest absolute Gasteiger partial charge is 0.127 e. The first-order valence-electron chi connectivity index (χ1n) is 9.55. The summed E-state index contributed by atoms with van der Waals surface area (Å²) in [5.41, 5.74) is 4.09. The van der Waals surface area contributed by atoms with Gasteiger partial charge in [0.1, 0.15) is 15.8 Å². The molecule has 5 heteroatoms. The minimum absolute atomic E-state index is 0.851. The second-order valence-electron chi connectivity index (χ2n) is 6.65. The first kappa shape index (κ1) is 18.7. The number of para-hydroxylation sites is 3. The van der Waals surface area contributed by atoms with Gasteiger partial charge in [0.05, 0.1) is 27.5 Å². The highest BCUT2D eigenvalue weighted by Crippen LogP contribution is 2.35. The van der Waals surface area contributed by atoms with E-state index in [1.165, 1.54) is 9.40 Å². The van der Waals surface area contributed by atoms with E-state index >= 15 is 0 Å². The molecule has 0 saturated heterocycles. The van der Waals surface area contributed by atoms with Gasteiger partial charge in [-0.1, -0.05) is 54.6 Å². The molecule has 0 bridgehead atoms. The summed E-state index contributed by atoms with van der Waals surface area (Å²) in [5, 5.41) is 1.94. The molecular formula is C25H18N2OS2. The number of hydrogen-bond donors (Lipinski definition) is 0. The van der Waals surface area contributed by atoms with Crippen LogP contribution in [0.15, 0.2) is 84.9 Å². The van der Waals surface area contributed by atoms with Gasteiger partial charge in [0, 0.05) is 11.1 Å². The second kappa shape index (κ2) is 8.22. The van der Waals surface area contributed by atoms with Crippen LogP contribution < -0.4 is 4.74 Å². The van der Waals surface area contributed by atoms with Crippen molar-refractivity contribution in [2.24, 2.45) is 0 Å². The number of hydrogen-bond acceptors (Lipinski definition) is 5. The molecule has 0 N–H and O–H groups in total. The predicted molar refractivity (Wildman–Crippen MR) is 128 cm³/mol. The lowest BCUT2D eigenvalue weighted by Crippen LogP contribution is -1.86. The van der Waals surface area contributed by atoms with E-state index in [9.17, 15) is 0 Å². The van der Waals surface area contributed by atoms with E-state index in [2.05, 4.69) is 36.4 Å². The number of methoxy groups -OCH3 is 1. The molecular weight excluding hydrogens is 408 g/mol. The number of rotatable bonds is 5. The van der Waals surface area contributed by atoms with Crippen molar-refractivity contribution in [3.8, 4) is 5.75 Å². The standard InChI is InChI=1S/C25H18N2OS2/c1-28-21-14-5-2-9-17(21)10-8-11-18(24-26-19-12-3-6-15-22(19)29-24)25-27-20-13-4-7-16-23(20)30-25/h2-16H,1H3. The van der Waals surface area contributed by atoms with E-state index in [4.69, 9.17) is 14.7 Å². The maximum atomic E-state index is 5.46. The highest BCUT2D eigenvalue weighted by Gasteiger charge is 2.14. The lowest BCUT2D eigenvalue weighted by Gasteiger charge is -2.03. The van der Waals surface area contributed by atoms with Gasteiger partial charge in [-0.05, 0) is 36.4 Å². The molecule has 0 amide bonds. The molecule has 0 fully saturated rings. The van der Waals surface area contributed by atoms with Crippen molar-refractivity contribution >= 4 is 54.8 Å². The third-order valence-corrected chi connectivity index (χ3v) is 6.87. The van der Waals surface area contributed by atoms with Gasteiger partial charge in [-0.2, -0.15) is 0 Å². The zero-order valence-electron chi connectivity index (χ0n) is 16.3. The Morgan fingerprint density at radius 1 is 0.767 bits per heavy atom. The molecule has 2 heterocycles. The van der Waals surface area contributed by atoms with Crippen LogP contribution in [0.3, 0.4) is 0 Å². The largest absolute Gasteiger partial charge is 0.496 e. The Morgan fingerprint density at radius 2 is 1.33 bits per heavy atom.